The van der Waals surface area contributed by atoms with Gasteiger partial charge in [-0.1, -0.05) is 46.6 Å². The molecule has 2 aromatic rings. The van der Waals surface area contributed by atoms with E-state index in [0.29, 0.717) is 37.4 Å². The van der Waals surface area contributed by atoms with Crippen LogP contribution in [0.25, 0.3) is 0 Å². The highest BCUT2D eigenvalue weighted by Crippen LogP contribution is 2.38. The number of benzene rings is 2. The summed E-state index contributed by atoms with van der Waals surface area (Å²) in [6, 6.07) is 7.71. The van der Waals surface area contributed by atoms with Crippen LogP contribution < -0.4 is 18.9 Å². The number of esters is 1. The second-order valence-corrected chi connectivity index (χ2v) is 9.89. The molecule has 1 aliphatic heterocycles. The third-order valence-corrected chi connectivity index (χ3v) is 6.71. The summed E-state index contributed by atoms with van der Waals surface area (Å²) in [5.74, 6) is 2.50. The Hall–Kier alpha value is -3.22. The number of ketones is 1. The number of carbonyl (C=O) groups is 2. The highest BCUT2D eigenvalue weighted by atomic mass is 16.6. The summed E-state index contributed by atoms with van der Waals surface area (Å²) in [7, 11) is 2.99. The second kappa shape index (κ2) is 14.1. The fourth-order valence-corrected chi connectivity index (χ4v) is 4.80. The minimum atomic E-state index is -0.580. The number of carbonyl (C=O) groups excluding carboxylic acids is 2. The van der Waals surface area contributed by atoms with Gasteiger partial charge in [0.2, 0.25) is 0 Å². The largest absolute Gasteiger partial charge is 0.496 e. The molecule has 0 aliphatic carbocycles. The molecule has 3 rings (SSSR count). The summed E-state index contributed by atoms with van der Waals surface area (Å²) in [6.45, 7) is 8.93. The van der Waals surface area contributed by atoms with E-state index < -0.39 is 6.10 Å². The quantitative estimate of drug-likeness (QED) is 0.166. The molecular formula is C31H42O7. The van der Waals surface area contributed by atoms with E-state index >= 15 is 0 Å². The van der Waals surface area contributed by atoms with Crippen molar-refractivity contribution in [2.45, 2.75) is 78.7 Å². The van der Waals surface area contributed by atoms with E-state index in [9.17, 15) is 9.59 Å². The van der Waals surface area contributed by atoms with Gasteiger partial charge in [-0.05, 0) is 49.4 Å². The Morgan fingerprint density at radius 3 is 2.18 bits per heavy atom. The first-order chi connectivity index (χ1) is 18.4. The standard InChI is InChI=1S/C31H42O7/c1-7-10-22-25(15-12-21-13-16-27(31(33)35-6)38-29(21)22)36-18-9-19-37-26-17-14-24(28(32)20(3)4)30(34-5)23(26)11-8-2/h12,14-15,17,20,27H,7-11,13,16,18-19H2,1-6H3. The Morgan fingerprint density at radius 1 is 0.947 bits per heavy atom. The Labute approximate surface area is 226 Å². The van der Waals surface area contributed by atoms with Gasteiger partial charge in [0.25, 0.3) is 0 Å². The van der Waals surface area contributed by atoms with E-state index in [1.54, 1.807) is 13.2 Å². The molecule has 0 amide bonds. The number of rotatable bonds is 14. The molecule has 7 nitrogen and oxygen atoms in total. The van der Waals surface area contributed by atoms with Gasteiger partial charge in [-0.3, -0.25) is 4.79 Å². The number of aryl methyl sites for hydroxylation is 1. The summed E-state index contributed by atoms with van der Waals surface area (Å²) in [6.07, 6.45) is 4.87. The molecule has 0 saturated carbocycles. The maximum absolute atomic E-state index is 12.7. The molecule has 0 radical (unpaired) electrons. The van der Waals surface area contributed by atoms with Crippen LogP contribution in [0.4, 0.5) is 0 Å². The maximum Gasteiger partial charge on any atom is 0.347 e. The number of hydrogen-bond donors (Lipinski definition) is 0. The van der Waals surface area contributed by atoms with Gasteiger partial charge < -0.3 is 23.7 Å². The zero-order valence-electron chi connectivity index (χ0n) is 23.7. The number of methoxy groups -OCH3 is 2. The molecule has 0 bridgehead atoms. The number of hydrogen-bond acceptors (Lipinski definition) is 7. The van der Waals surface area contributed by atoms with Crippen molar-refractivity contribution in [3.63, 3.8) is 0 Å². The smallest absolute Gasteiger partial charge is 0.347 e. The fraction of sp³-hybridized carbons (Fsp3) is 0.548. The summed E-state index contributed by atoms with van der Waals surface area (Å²) < 4.78 is 29.0. The van der Waals surface area contributed by atoms with Crippen molar-refractivity contribution < 1.29 is 33.3 Å². The molecule has 2 aromatic carbocycles. The Morgan fingerprint density at radius 2 is 1.58 bits per heavy atom. The minimum Gasteiger partial charge on any atom is -0.496 e. The zero-order chi connectivity index (χ0) is 27.7. The van der Waals surface area contributed by atoms with Crippen molar-refractivity contribution in [1.82, 2.24) is 0 Å². The fourth-order valence-electron chi connectivity index (χ4n) is 4.80. The van der Waals surface area contributed by atoms with Crippen LogP contribution in [0.15, 0.2) is 24.3 Å². The van der Waals surface area contributed by atoms with Crippen molar-refractivity contribution in [3.05, 3.63) is 46.5 Å². The monoisotopic (exact) mass is 526 g/mol. The van der Waals surface area contributed by atoms with Crippen molar-refractivity contribution in [2.75, 3.05) is 27.4 Å². The maximum atomic E-state index is 12.7. The van der Waals surface area contributed by atoms with Gasteiger partial charge in [0.05, 0.1) is 33.0 Å². The van der Waals surface area contributed by atoms with Gasteiger partial charge in [-0.15, -0.1) is 0 Å². The van der Waals surface area contributed by atoms with Gasteiger partial charge in [0.15, 0.2) is 11.9 Å². The molecular weight excluding hydrogens is 484 g/mol. The molecule has 0 saturated heterocycles. The molecule has 0 spiro atoms. The zero-order valence-corrected chi connectivity index (χ0v) is 23.7. The number of Topliss-reactive ketones (excluding diaryl/α,β-unsaturated/α-hetero) is 1. The van der Waals surface area contributed by atoms with Gasteiger partial charge >= 0.3 is 5.97 Å². The summed E-state index contributed by atoms with van der Waals surface area (Å²) in [5.41, 5.74) is 3.63. The third kappa shape index (κ3) is 6.80. The molecule has 1 atom stereocenters. The van der Waals surface area contributed by atoms with Crippen LogP contribution in [-0.4, -0.2) is 45.3 Å². The highest BCUT2D eigenvalue weighted by molar-refractivity contribution is 6.00. The van der Waals surface area contributed by atoms with Gasteiger partial charge in [-0.25, -0.2) is 4.79 Å². The second-order valence-electron chi connectivity index (χ2n) is 9.89. The third-order valence-electron chi connectivity index (χ3n) is 6.71. The van der Waals surface area contributed by atoms with E-state index in [1.165, 1.54) is 7.11 Å². The molecule has 7 heteroatoms. The van der Waals surface area contributed by atoms with Crippen LogP contribution in [0.2, 0.25) is 0 Å². The van der Waals surface area contributed by atoms with Crippen LogP contribution in [0.3, 0.4) is 0 Å². The van der Waals surface area contributed by atoms with Crippen LogP contribution in [-0.2, 0) is 28.8 Å². The average Bonchev–Trinajstić information content (AvgIpc) is 2.93. The molecule has 0 N–H and O–H groups in total. The number of ether oxygens (including phenoxy) is 5. The minimum absolute atomic E-state index is 0.0639. The molecule has 0 fully saturated rings. The summed E-state index contributed by atoms with van der Waals surface area (Å²) in [4.78, 5) is 24.7. The van der Waals surface area contributed by atoms with Crippen LogP contribution >= 0.6 is 0 Å². The molecule has 1 unspecified atom stereocenters. The lowest BCUT2D eigenvalue weighted by Gasteiger charge is -2.27. The molecule has 1 heterocycles. The van der Waals surface area contributed by atoms with E-state index in [2.05, 4.69) is 13.8 Å². The lowest BCUT2D eigenvalue weighted by Crippen LogP contribution is -2.32. The van der Waals surface area contributed by atoms with Gasteiger partial charge in [0, 0.05) is 23.5 Å². The van der Waals surface area contributed by atoms with Crippen molar-refractivity contribution >= 4 is 11.8 Å². The SMILES string of the molecule is CCCc1c(OCCCOc2ccc(C(=O)C(C)C)c(OC)c2CCC)ccc2c1OC(C(=O)OC)CC2. The molecule has 1 aliphatic rings. The van der Waals surface area contributed by atoms with Crippen LogP contribution in [0.5, 0.6) is 23.0 Å². The molecule has 208 valence electrons. The Bertz CT molecular complexity index is 1110. The normalized spacial score (nSPS) is 14.4. The summed E-state index contributed by atoms with van der Waals surface area (Å²) >= 11 is 0. The van der Waals surface area contributed by atoms with Crippen LogP contribution in [0.1, 0.15) is 80.4 Å². The van der Waals surface area contributed by atoms with Gasteiger partial charge in [0.1, 0.15) is 23.0 Å². The predicted octanol–water partition coefficient (Wildman–Crippen LogP) is 6.15. The van der Waals surface area contributed by atoms with E-state index in [1.807, 2.05) is 32.0 Å². The lowest BCUT2D eigenvalue weighted by molar-refractivity contribution is -0.149. The first-order valence-corrected chi connectivity index (χ1v) is 13.7. The van der Waals surface area contributed by atoms with Crippen molar-refractivity contribution in [2.24, 2.45) is 5.92 Å². The van der Waals surface area contributed by atoms with E-state index in [0.717, 1.165) is 66.0 Å². The first kappa shape index (κ1) is 29.3. The topological polar surface area (TPSA) is 80.3 Å². The lowest BCUT2D eigenvalue weighted by atomic mass is 9.96. The average molecular weight is 527 g/mol. The molecule has 0 aromatic heterocycles. The highest BCUT2D eigenvalue weighted by Gasteiger charge is 2.29. The van der Waals surface area contributed by atoms with Crippen molar-refractivity contribution in [1.29, 1.82) is 0 Å². The summed E-state index contributed by atoms with van der Waals surface area (Å²) in [5, 5.41) is 0. The molecule has 38 heavy (non-hydrogen) atoms. The van der Waals surface area contributed by atoms with E-state index in [-0.39, 0.29) is 17.7 Å². The Kier molecular flexibility index (Phi) is 10.9. The van der Waals surface area contributed by atoms with Crippen LogP contribution in [0, 0.1) is 5.92 Å². The van der Waals surface area contributed by atoms with E-state index in [4.69, 9.17) is 23.7 Å². The predicted molar refractivity (Wildman–Crippen MR) is 147 cm³/mol. The Balaban J connectivity index is 1.67. The number of fused-ring (bicyclic) bond motifs is 1. The first-order valence-electron chi connectivity index (χ1n) is 13.7. The van der Waals surface area contributed by atoms with Crippen molar-refractivity contribution in [3.8, 4) is 23.0 Å². The van der Waals surface area contributed by atoms with Gasteiger partial charge in [-0.2, -0.15) is 0 Å².